The first-order valence-electron chi connectivity index (χ1n) is 26.6. The minimum absolute atomic E-state index is 1.05. The topological polar surface area (TPSA) is 554 Å². The van der Waals surface area contributed by atoms with Crippen molar-refractivity contribution in [2.45, 2.75) is 241 Å². The van der Waals surface area contributed by atoms with Crippen LogP contribution in [-0.4, -0.2) is 368 Å². The Balaban J connectivity index is 0.00000206. The van der Waals surface area contributed by atoms with Gasteiger partial charge < -0.3 is 174 Å². The molecule has 21 N–H and O–H groups in total. The molecule has 21 saturated heterocycles. The fourth-order valence-electron chi connectivity index (χ4n) is 10.7. The maximum atomic E-state index is 11.3. The van der Waals surface area contributed by atoms with Crippen LogP contribution in [0.15, 0.2) is 0 Å². The predicted molar refractivity (Wildman–Crippen MR) is 247 cm³/mol. The molecule has 14 bridgehead atoms. The van der Waals surface area contributed by atoms with E-state index in [0.29, 0.717) is 0 Å². The first-order valence-corrected chi connectivity index (χ1v) is 26.6. The third-order valence-electron chi connectivity index (χ3n) is 15.8. The molecule has 22 rings (SSSR count). The van der Waals surface area contributed by atoms with Crippen LogP contribution in [-0.2, 0) is 66.3 Å². The van der Waals surface area contributed by atoms with Gasteiger partial charge >= 0.3 is 0 Å². The van der Waals surface area contributed by atoms with Gasteiger partial charge in [-0.05, 0) is 0 Å². The predicted octanol–water partition coefficient (Wildman–Crippen LogP) is -13.7. The standard InChI is InChI=1S/C42H70O35.C4H8/c43-1-8-29-15(50)22(57)36(64-8)72-30-9(2-44)66-38(24(59)17(30)52)74-32-11(4-46)68-40(26(61)19(32)54)76-34-13(6-48)70-42(28(63)21(34)56)77-35-14(7-49)69-41(27(62)20(35)55)75-33-12(5-47)67-39(25(60)18(33)53)73-31-10(3-45)65-37(71-29)23(58)16(31)51;1-2-4-3-1/h8-63H,1-7H2;1-4H2. The van der Waals surface area contributed by atoms with Crippen molar-refractivity contribution in [3.05, 3.63) is 0 Å². The van der Waals surface area contributed by atoms with Gasteiger partial charge in [0.1, 0.15) is 171 Å². The molecule has 0 spiro atoms. The van der Waals surface area contributed by atoms with E-state index in [1.807, 2.05) is 0 Å². The second kappa shape index (κ2) is 28.6. The Morgan fingerprint density at radius 1 is 0.173 bits per heavy atom. The molecule has 0 aromatic rings. The molecule has 472 valence electrons. The molecule has 21 heterocycles. The lowest BCUT2D eigenvalue weighted by Gasteiger charge is -2.50. The third-order valence-corrected chi connectivity index (χ3v) is 15.8. The molecule has 22 fully saturated rings. The molecule has 0 aromatic heterocycles. The van der Waals surface area contributed by atoms with Crippen LogP contribution in [0.1, 0.15) is 25.7 Å². The summed E-state index contributed by atoms with van der Waals surface area (Å²) in [6, 6.07) is 0. The lowest BCUT2D eigenvalue weighted by Crippen LogP contribution is -2.68. The van der Waals surface area contributed by atoms with Crippen LogP contribution in [0.2, 0.25) is 0 Å². The van der Waals surface area contributed by atoms with Crippen molar-refractivity contribution in [2.24, 2.45) is 0 Å². The maximum absolute atomic E-state index is 11.3. The first kappa shape index (κ1) is 65.6. The maximum Gasteiger partial charge on any atom is 0.187 e. The molecule has 0 radical (unpaired) electrons. The first-order chi connectivity index (χ1) is 38.7. The Labute approximate surface area is 459 Å². The molecule has 1 saturated carbocycles. The monoisotopic (exact) mass is 1190 g/mol. The average Bonchev–Trinajstić information content (AvgIpc) is 3.52. The summed E-state index contributed by atoms with van der Waals surface area (Å²) in [7, 11) is 0. The van der Waals surface area contributed by atoms with Gasteiger partial charge in [0.25, 0.3) is 0 Å². The van der Waals surface area contributed by atoms with E-state index >= 15 is 0 Å². The van der Waals surface area contributed by atoms with Gasteiger partial charge in [0.05, 0.1) is 46.2 Å². The van der Waals surface area contributed by atoms with Gasteiger partial charge in [-0.25, -0.2) is 0 Å². The van der Waals surface area contributed by atoms with Gasteiger partial charge in [0, 0.05) is 0 Å². The van der Waals surface area contributed by atoms with Crippen molar-refractivity contribution in [1.82, 2.24) is 0 Å². The van der Waals surface area contributed by atoms with Gasteiger partial charge in [-0.3, -0.25) is 0 Å². The molecule has 0 aromatic carbocycles. The normalized spacial score (nSPS) is 53.8. The van der Waals surface area contributed by atoms with Crippen molar-refractivity contribution in [2.75, 3.05) is 46.2 Å². The number of aliphatic hydroxyl groups is 21. The van der Waals surface area contributed by atoms with E-state index in [4.69, 9.17) is 66.3 Å². The molecule has 21 aliphatic heterocycles. The van der Waals surface area contributed by atoms with Gasteiger partial charge in [-0.15, -0.1) is 0 Å². The number of ether oxygens (including phenoxy) is 14. The highest BCUT2D eigenvalue weighted by atomic mass is 16.8. The second-order valence-corrected chi connectivity index (χ2v) is 21.1. The minimum Gasteiger partial charge on any atom is -0.394 e. The Morgan fingerprint density at radius 2 is 0.284 bits per heavy atom. The van der Waals surface area contributed by atoms with E-state index in [0.717, 1.165) is 0 Å². The average molecular weight is 1190 g/mol. The second-order valence-electron chi connectivity index (χ2n) is 21.1. The molecular formula is C46H78O35. The fraction of sp³-hybridized carbons (Fsp3) is 1.00. The highest BCUT2D eigenvalue weighted by Crippen LogP contribution is 2.39. The van der Waals surface area contributed by atoms with Crippen molar-refractivity contribution in [3.63, 3.8) is 0 Å². The summed E-state index contributed by atoms with van der Waals surface area (Å²) >= 11 is 0. The van der Waals surface area contributed by atoms with Crippen molar-refractivity contribution in [3.8, 4) is 0 Å². The highest BCUT2D eigenvalue weighted by Gasteiger charge is 2.59. The molecule has 35 atom stereocenters. The third kappa shape index (κ3) is 13.5. The molecule has 35 nitrogen and oxygen atoms in total. The van der Waals surface area contributed by atoms with Gasteiger partial charge in [0.15, 0.2) is 44.0 Å². The zero-order valence-electron chi connectivity index (χ0n) is 43.1. The highest BCUT2D eigenvalue weighted by molar-refractivity contribution is 5.01. The zero-order chi connectivity index (χ0) is 58.9. The summed E-state index contributed by atoms with van der Waals surface area (Å²) < 4.78 is 79.5. The number of hydrogen-bond donors (Lipinski definition) is 21. The Bertz CT molecular complexity index is 1530. The van der Waals surface area contributed by atoms with Gasteiger partial charge in [0.2, 0.25) is 0 Å². The van der Waals surface area contributed by atoms with E-state index in [1.54, 1.807) is 0 Å². The van der Waals surface area contributed by atoms with E-state index in [9.17, 15) is 107 Å². The summed E-state index contributed by atoms with van der Waals surface area (Å²) in [4.78, 5) is 0. The zero-order valence-corrected chi connectivity index (χ0v) is 43.1. The SMILES string of the molecule is C1CCC1.OCC1OC2OC3C(CO)OC(OC4C(CO)OC(OC5C(CO)OC(OC6C(CO)OC(OC7C(CO)OC(OC8C(CO)OC(OC1C(O)C2O)C(O)C8O)C(O)C7O)C(O)C6O)C(O)C5O)C(O)C4O)C(O)C3O. The van der Waals surface area contributed by atoms with Gasteiger partial charge in [-0.2, -0.15) is 0 Å². The van der Waals surface area contributed by atoms with Crippen LogP contribution < -0.4 is 0 Å². The fourth-order valence-corrected chi connectivity index (χ4v) is 10.7. The Kier molecular flexibility index (Phi) is 23.2. The Hall–Kier alpha value is -1.40. The number of aliphatic hydroxyl groups excluding tert-OH is 21. The Morgan fingerprint density at radius 3 is 0.370 bits per heavy atom. The molecule has 0 amide bonds. The summed E-state index contributed by atoms with van der Waals surface area (Å²) in [6.45, 7) is -7.33. The molecule has 22 aliphatic rings. The van der Waals surface area contributed by atoms with Crippen LogP contribution in [0, 0.1) is 0 Å². The van der Waals surface area contributed by atoms with Crippen LogP contribution in [0.4, 0.5) is 0 Å². The van der Waals surface area contributed by atoms with Crippen LogP contribution in [0.3, 0.4) is 0 Å². The number of hydrogen-bond acceptors (Lipinski definition) is 35. The molecule has 81 heavy (non-hydrogen) atoms. The van der Waals surface area contributed by atoms with Crippen molar-refractivity contribution >= 4 is 0 Å². The van der Waals surface area contributed by atoms with Crippen molar-refractivity contribution in [1.29, 1.82) is 0 Å². The summed E-state index contributed by atoms with van der Waals surface area (Å²) in [5, 5.41) is 230. The van der Waals surface area contributed by atoms with E-state index in [2.05, 4.69) is 0 Å². The quantitative estimate of drug-likeness (QED) is 0.113. The summed E-state index contributed by atoms with van der Waals surface area (Å²) in [5.74, 6) is 0. The van der Waals surface area contributed by atoms with Crippen LogP contribution in [0.25, 0.3) is 0 Å². The summed E-state index contributed by atoms with van der Waals surface area (Å²) in [6.07, 6.45) is -64.2. The van der Waals surface area contributed by atoms with Crippen LogP contribution >= 0.6 is 0 Å². The van der Waals surface area contributed by atoms with E-state index in [-0.39, 0.29) is 0 Å². The molecule has 1 aliphatic carbocycles. The summed E-state index contributed by atoms with van der Waals surface area (Å²) in [5.41, 5.74) is 0. The largest absolute Gasteiger partial charge is 0.394 e. The van der Waals surface area contributed by atoms with E-state index < -0.39 is 261 Å². The van der Waals surface area contributed by atoms with Crippen molar-refractivity contribution < 1.29 is 174 Å². The molecule has 35 heteroatoms. The van der Waals surface area contributed by atoms with Gasteiger partial charge in [-0.1, -0.05) is 25.7 Å². The lowest BCUT2D eigenvalue weighted by molar-refractivity contribution is -0.396. The smallest absolute Gasteiger partial charge is 0.187 e. The van der Waals surface area contributed by atoms with Crippen LogP contribution in [0.5, 0.6) is 0 Å². The molecule has 35 unspecified atom stereocenters. The van der Waals surface area contributed by atoms with E-state index in [1.165, 1.54) is 25.7 Å². The number of rotatable bonds is 7. The molecular weight excluding hydrogens is 1110 g/mol. The lowest BCUT2D eigenvalue weighted by atomic mass is 9.95. The minimum atomic E-state index is -2.21.